The molecule has 0 saturated heterocycles. The average molecular weight is 223 g/mol. The van der Waals surface area contributed by atoms with Crippen molar-refractivity contribution in [3.05, 3.63) is 23.7 Å². The number of carbonyl (C=O) groups excluding carboxylic acids is 1. The summed E-state index contributed by atoms with van der Waals surface area (Å²) in [5.74, 6) is 0.927. The zero-order valence-corrected chi connectivity index (χ0v) is 9.45. The number of hydrogen-bond acceptors (Lipinski definition) is 3. The number of furan rings is 1. The van der Waals surface area contributed by atoms with Crippen LogP contribution in [0, 0.1) is 12.3 Å². The largest absolute Gasteiger partial charge is 0.456 e. The molecule has 88 valence electrons. The second-order valence-corrected chi connectivity index (χ2v) is 4.57. The van der Waals surface area contributed by atoms with Gasteiger partial charge in [0.15, 0.2) is 5.76 Å². The van der Waals surface area contributed by atoms with Crippen molar-refractivity contribution in [2.24, 2.45) is 5.41 Å². The fourth-order valence-corrected chi connectivity index (χ4v) is 1.84. The van der Waals surface area contributed by atoms with Crippen molar-refractivity contribution in [1.29, 1.82) is 0 Å². The fraction of sp³-hybridized carbons (Fsp3) is 0.583. The van der Waals surface area contributed by atoms with Crippen molar-refractivity contribution in [3.63, 3.8) is 0 Å². The van der Waals surface area contributed by atoms with E-state index in [-0.39, 0.29) is 17.9 Å². The number of aliphatic hydroxyl groups excluding tert-OH is 1. The highest BCUT2D eigenvalue weighted by Gasteiger charge is 2.42. The summed E-state index contributed by atoms with van der Waals surface area (Å²) in [5.41, 5.74) is 0.145. The number of carbonyl (C=O) groups is 1. The third-order valence-electron chi connectivity index (χ3n) is 3.19. The summed E-state index contributed by atoms with van der Waals surface area (Å²) >= 11 is 0. The Hall–Kier alpha value is -1.29. The fourth-order valence-electron chi connectivity index (χ4n) is 1.84. The van der Waals surface area contributed by atoms with Gasteiger partial charge >= 0.3 is 0 Å². The molecule has 1 saturated carbocycles. The highest BCUT2D eigenvalue weighted by Crippen LogP contribution is 2.47. The lowest BCUT2D eigenvalue weighted by Gasteiger charge is -2.13. The van der Waals surface area contributed by atoms with Crippen LogP contribution in [0.2, 0.25) is 0 Å². The van der Waals surface area contributed by atoms with E-state index in [9.17, 15) is 4.79 Å². The van der Waals surface area contributed by atoms with Crippen molar-refractivity contribution in [1.82, 2.24) is 5.32 Å². The molecule has 0 aromatic carbocycles. The number of aryl methyl sites for hydroxylation is 1. The van der Waals surface area contributed by atoms with Gasteiger partial charge in [-0.1, -0.05) is 0 Å². The van der Waals surface area contributed by atoms with Gasteiger partial charge in [-0.15, -0.1) is 0 Å². The molecule has 0 atom stereocenters. The number of nitrogens with one attached hydrogen (secondary N) is 1. The lowest BCUT2D eigenvalue weighted by Crippen LogP contribution is -2.30. The van der Waals surface area contributed by atoms with Crippen molar-refractivity contribution < 1.29 is 14.3 Å². The molecule has 16 heavy (non-hydrogen) atoms. The van der Waals surface area contributed by atoms with Crippen LogP contribution in [0.5, 0.6) is 0 Å². The van der Waals surface area contributed by atoms with Crippen molar-refractivity contribution in [2.45, 2.75) is 26.2 Å². The molecule has 4 heteroatoms. The minimum Gasteiger partial charge on any atom is -0.456 e. The Morgan fingerprint density at radius 3 is 2.81 bits per heavy atom. The molecule has 4 nitrogen and oxygen atoms in total. The van der Waals surface area contributed by atoms with Crippen LogP contribution in [0.1, 0.15) is 35.6 Å². The normalized spacial score (nSPS) is 17.1. The molecule has 1 fully saturated rings. The first-order valence-corrected chi connectivity index (χ1v) is 5.61. The van der Waals surface area contributed by atoms with Crippen LogP contribution in [0.4, 0.5) is 0 Å². The van der Waals surface area contributed by atoms with Crippen LogP contribution in [0.3, 0.4) is 0 Å². The lowest BCUT2D eigenvalue weighted by atomic mass is 10.0. The van der Waals surface area contributed by atoms with Gasteiger partial charge in [-0.05, 0) is 43.7 Å². The smallest absolute Gasteiger partial charge is 0.287 e. The lowest BCUT2D eigenvalue weighted by molar-refractivity contribution is 0.0912. The van der Waals surface area contributed by atoms with Gasteiger partial charge in [-0.25, -0.2) is 0 Å². The van der Waals surface area contributed by atoms with E-state index < -0.39 is 0 Å². The second kappa shape index (κ2) is 4.29. The zero-order chi connectivity index (χ0) is 11.6. The summed E-state index contributed by atoms with van der Waals surface area (Å²) in [4.78, 5) is 11.7. The summed E-state index contributed by atoms with van der Waals surface area (Å²) in [6.45, 7) is 2.63. The first-order chi connectivity index (χ1) is 7.65. The molecule has 1 aromatic rings. The van der Waals surface area contributed by atoms with E-state index in [1.807, 2.05) is 6.92 Å². The molecule has 0 unspecified atom stereocenters. The average Bonchev–Trinajstić information content (AvgIpc) is 2.89. The predicted molar refractivity (Wildman–Crippen MR) is 59.1 cm³/mol. The van der Waals surface area contributed by atoms with Gasteiger partial charge in [0.1, 0.15) is 5.76 Å². The Kier molecular flexibility index (Phi) is 3.01. The maximum absolute atomic E-state index is 11.7. The van der Waals surface area contributed by atoms with Crippen LogP contribution in [-0.2, 0) is 0 Å². The van der Waals surface area contributed by atoms with Gasteiger partial charge in [-0.3, -0.25) is 4.79 Å². The Morgan fingerprint density at radius 1 is 1.56 bits per heavy atom. The third kappa shape index (κ3) is 2.44. The predicted octanol–water partition coefficient (Wildman–Crippen LogP) is 1.48. The molecule has 2 N–H and O–H groups in total. The summed E-state index contributed by atoms with van der Waals surface area (Å²) in [6.07, 6.45) is 2.94. The van der Waals surface area contributed by atoms with Crippen LogP contribution < -0.4 is 5.32 Å². The van der Waals surface area contributed by atoms with Gasteiger partial charge in [0.2, 0.25) is 0 Å². The van der Waals surface area contributed by atoms with Crippen LogP contribution in [0.15, 0.2) is 16.5 Å². The molecule has 2 rings (SSSR count). The number of rotatable bonds is 5. The van der Waals surface area contributed by atoms with E-state index in [2.05, 4.69) is 5.32 Å². The second-order valence-electron chi connectivity index (χ2n) is 4.57. The van der Waals surface area contributed by atoms with Crippen LogP contribution in [-0.4, -0.2) is 24.2 Å². The van der Waals surface area contributed by atoms with Gasteiger partial charge in [0, 0.05) is 13.2 Å². The molecule has 0 bridgehead atoms. The van der Waals surface area contributed by atoms with E-state index in [0.29, 0.717) is 12.3 Å². The van der Waals surface area contributed by atoms with Gasteiger partial charge in [0.25, 0.3) is 5.91 Å². The first kappa shape index (κ1) is 11.2. The van der Waals surface area contributed by atoms with Crippen molar-refractivity contribution >= 4 is 5.91 Å². The Morgan fingerprint density at radius 2 is 2.31 bits per heavy atom. The van der Waals surface area contributed by atoms with Gasteiger partial charge in [-0.2, -0.15) is 0 Å². The molecule has 1 aliphatic rings. The molecule has 0 radical (unpaired) electrons. The van der Waals surface area contributed by atoms with Crippen molar-refractivity contribution in [3.8, 4) is 0 Å². The standard InChI is InChI=1S/C12H17NO3/c1-9-2-3-10(16-9)11(15)13-8-12(4-5-12)6-7-14/h2-3,14H,4-8H2,1H3,(H,13,15). The summed E-state index contributed by atoms with van der Waals surface area (Å²) < 4.78 is 5.23. The third-order valence-corrected chi connectivity index (χ3v) is 3.19. The molecular formula is C12H17NO3. The summed E-state index contributed by atoms with van der Waals surface area (Å²) in [6, 6.07) is 3.45. The number of aliphatic hydroxyl groups is 1. The SMILES string of the molecule is Cc1ccc(C(=O)NCC2(CCO)CC2)o1. The van der Waals surface area contributed by atoms with Crippen LogP contribution >= 0.6 is 0 Å². The maximum Gasteiger partial charge on any atom is 0.287 e. The monoisotopic (exact) mass is 223 g/mol. The molecule has 1 aliphatic carbocycles. The van der Waals surface area contributed by atoms with E-state index in [0.717, 1.165) is 25.0 Å². The van der Waals surface area contributed by atoms with E-state index in [1.165, 1.54) is 0 Å². The maximum atomic E-state index is 11.7. The highest BCUT2D eigenvalue weighted by atomic mass is 16.3. The van der Waals surface area contributed by atoms with E-state index >= 15 is 0 Å². The Balaban J connectivity index is 1.84. The zero-order valence-electron chi connectivity index (χ0n) is 9.45. The summed E-state index contributed by atoms with van der Waals surface area (Å²) in [7, 11) is 0. The molecular weight excluding hydrogens is 206 g/mol. The highest BCUT2D eigenvalue weighted by molar-refractivity contribution is 5.91. The first-order valence-electron chi connectivity index (χ1n) is 5.61. The Bertz CT molecular complexity index is 379. The van der Waals surface area contributed by atoms with Crippen molar-refractivity contribution in [2.75, 3.05) is 13.2 Å². The molecule has 1 heterocycles. The molecule has 1 amide bonds. The van der Waals surface area contributed by atoms with Crippen LogP contribution in [0.25, 0.3) is 0 Å². The quantitative estimate of drug-likeness (QED) is 0.794. The van der Waals surface area contributed by atoms with E-state index in [4.69, 9.17) is 9.52 Å². The van der Waals surface area contributed by atoms with Gasteiger partial charge < -0.3 is 14.8 Å². The summed E-state index contributed by atoms with van der Waals surface area (Å²) in [5, 5.41) is 11.8. The minimum absolute atomic E-state index is 0.145. The molecule has 0 aliphatic heterocycles. The van der Waals surface area contributed by atoms with Gasteiger partial charge in [0.05, 0.1) is 0 Å². The number of hydrogen-bond donors (Lipinski definition) is 2. The Labute approximate surface area is 94.6 Å². The minimum atomic E-state index is -0.169. The number of amides is 1. The van der Waals surface area contributed by atoms with E-state index in [1.54, 1.807) is 12.1 Å². The molecule has 1 aromatic heterocycles. The topological polar surface area (TPSA) is 62.5 Å². The molecule has 0 spiro atoms.